The van der Waals surface area contributed by atoms with Crippen molar-refractivity contribution in [3.63, 3.8) is 0 Å². The van der Waals surface area contributed by atoms with E-state index in [1.807, 2.05) is 6.92 Å². The molecular formula is C13H19NO2. The highest BCUT2D eigenvalue weighted by Crippen LogP contribution is 2.60. The molecule has 1 saturated carbocycles. The van der Waals surface area contributed by atoms with E-state index in [0.717, 1.165) is 32.1 Å². The van der Waals surface area contributed by atoms with Gasteiger partial charge in [0, 0.05) is 0 Å². The largest absolute Gasteiger partial charge is 0.388 e. The SMILES string of the molecule is CCC(O)(C1CC1)C1(C#N)CC2CCC1O2. The van der Waals surface area contributed by atoms with Crippen LogP contribution in [0.2, 0.25) is 0 Å². The van der Waals surface area contributed by atoms with Crippen LogP contribution >= 0.6 is 0 Å². The molecule has 16 heavy (non-hydrogen) atoms. The minimum Gasteiger partial charge on any atom is -0.388 e. The summed E-state index contributed by atoms with van der Waals surface area (Å²) in [5.74, 6) is 0.333. The van der Waals surface area contributed by atoms with Crippen LogP contribution in [-0.2, 0) is 4.74 Å². The van der Waals surface area contributed by atoms with Crippen LogP contribution in [0.3, 0.4) is 0 Å². The maximum Gasteiger partial charge on any atom is 0.115 e. The summed E-state index contributed by atoms with van der Waals surface area (Å²) in [4.78, 5) is 0. The molecular weight excluding hydrogens is 202 g/mol. The monoisotopic (exact) mass is 221 g/mol. The van der Waals surface area contributed by atoms with Gasteiger partial charge < -0.3 is 9.84 Å². The minimum absolute atomic E-state index is 0.0203. The van der Waals surface area contributed by atoms with Gasteiger partial charge in [-0.3, -0.25) is 0 Å². The third-order valence-electron chi connectivity index (χ3n) is 4.97. The van der Waals surface area contributed by atoms with E-state index in [-0.39, 0.29) is 12.2 Å². The molecule has 2 bridgehead atoms. The summed E-state index contributed by atoms with van der Waals surface area (Å²) < 4.78 is 5.82. The molecule has 3 fully saturated rings. The number of nitrogens with zero attached hydrogens (tertiary/aromatic N) is 1. The molecule has 4 unspecified atom stereocenters. The zero-order valence-corrected chi connectivity index (χ0v) is 9.78. The number of aliphatic hydroxyl groups is 1. The summed E-state index contributed by atoms with van der Waals surface area (Å²) in [6.07, 6.45) is 5.80. The van der Waals surface area contributed by atoms with Gasteiger partial charge in [0.2, 0.25) is 0 Å². The first kappa shape index (κ1) is 10.6. The van der Waals surface area contributed by atoms with E-state index < -0.39 is 11.0 Å². The summed E-state index contributed by atoms with van der Waals surface area (Å²) in [7, 11) is 0. The lowest BCUT2D eigenvalue weighted by atomic mass is 9.61. The van der Waals surface area contributed by atoms with Gasteiger partial charge in [-0.25, -0.2) is 0 Å². The molecule has 1 N–H and O–H groups in total. The van der Waals surface area contributed by atoms with Crippen LogP contribution < -0.4 is 0 Å². The second-order valence-corrected chi connectivity index (χ2v) is 5.66. The number of ether oxygens (including phenoxy) is 1. The van der Waals surface area contributed by atoms with E-state index in [9.17, 15) is 10.4 Å². The van der Waals surface area contributed by atoms with Gasteiger partial charge in [0.15, 0.2) is 0 Å². The first-order valence-corrected chi connectivity index (χ1v) is 6.45. The van der Waals surface area contributed by atoms with Crippen LogP contribution in [0.15, 0.2) is 0 Å². The standard InChI is InChI=1S/C13H19NO2/c1-2-13(15,9-3-4-9)12(8-14)7-10-5-6-11(12)16-10/h9-11,15H,2-7H2,1H3. The zero-order valence-electron chi connectivity index (χ0n) is 9.78. The molecule has 3 nitrogen and oxygen atoms in total. The van der Waals surface area contributed by atoms with E-state index in [1.54, 1.807) is 0 Å². The van der Waals surface area contributed by atoms with Crippen LogP contribution in [0.5, 0.6) is 0 Å². The summed E-state index contributed by atoms with van der Waals surface area (Å²) in [6.45, 7) is 2.00. The van der Waals surface area contributed by atoms with E-state index in [4.69, 9.17) is 4.74 Å². The maximum absolute atomic E-state index is 10.9. The molecule has 0 aromatic carbocycles. The number of hydrogen-bond donors (Lipinski definition) is 1. The first-order chi connectivity index (χ1) is 7.66. The van der Waals surface area contributed by atoms with Crippen molar-refractivity contribution in [1.82, 2.24) is 0 Å². The predicted octanol–water partition coefficient (Wildman–Crippen LogP) is 2.00. The van der Waals surface area contributed by atoms with Crippen molar-refractivity contribution in [2.24, 2.45) is 11.3 Å². The molecule has 88 valence electrons. The van der Waals surface area contributed by atoms with Gasteiger partial charge >= 0.3 is 0 Å². The minimum atomic E-state index is -0.804. The van der Waals surface area contributed by atoms with E-state index in [2.05, 4.69) is 6.07 Å². The van der Waals surface area contributed by atoms with Crippen molar-refractivity contribution in [2.45, 2.75) is 63.3 Å². The summed E-state index contributed by atoms with van der Waals surface area (Å²) in [6, 6.07) is 2.45. The Kier molecular flexibility index (Phi) is 2.12. The van der Waals surface area contributed by atoms with Gasteiger partial charge in [0.1, 0.15) is 5.41 Å². The first-order valence-electron chi connectivity index (χ1n) is 6.45. The van der Waals surface area contributed by atoms with Crippen LogP contribution in [-0.4, -0.2) is 22.9 Å². The van der Waals surface area contributed by atoms with Gasteiger partial charge in [0.05, 0.1) is 23.9 Å². The highest BCUT2D eigenvalue weighted by atomic mass is 16.5. The molecule has 0 radical (unpaired) electrons. The van der Waals surface area contributed by atoms with Gasteiger partial charge in [-0.05, 0) is 44.4 Å². The molecule has 2 heterocycles. The van der Waals surface area contributed by atoms with E-state index in [1.165, 1.54) is 0 Å². The molecule has 1 aliphatic carbocycles. The Bertz CT molecular complexity index is 346. The lowest BCUT2D eigenvalue weighted by molar-refractivity contribution is -0.103. The van der Waals surface area contributed by atoms with Crippen molar-refractivity contribution in [2.75, 3.05) is 0 Å². The van der Waals surface area contributed by atoms with E-state index in [0.29, 0.717) is 12.3 Å². The van der Waals surface area contributed by atoms with Crippen molar-refractivity contribution in [3.05, 3.63) is 0 Å². The molecule has 2 saturated heterocycles. The summed E-state index contributed by atoms with van der Waals surface area (Å²) in [5, 5.41) is 20.5. The fraction of sp³-hybridized carbons (Fsp3) is 0.923. The Morgan fingerprint density at radius 2 is 2.19 bits per heavy atom. The van der Waals surface area contributed by atoms with Crippen LogP contribution in [0.4, 0.5) is 0 Å². The Morgan fingerprint density at radius 3 is 2.56 bits per heavy atom. The highest BCUT2D eigenvalue weighted by molar-refractivity contribution is 5.23. The van der Waals surface area contributed by atoms with Gasteiger partial charge in [-0.2, -0.15) is 5.26 Å². The quantitative estimate of drug-likeness (QED) is 0.793. The lowest BCUT2D eigenvalue weighted by Gasteiger charge is -2.43. The van der Waals surface area contributed by atoms with Gasteiger partial charge in [0.25, 0.3) is 0 Å². The number of hydrogen-bond acceptors (Lipinski definition) is 3. The predicted molar refractivity (Wildman–Crippen MR) is 58.5 cm³/mol. The Labute approximate surface area is 96.4 Å². The molecule has 3 heteroatoms. The number of fused-ring (bicyclic) bond motifs is 2. The fourth-order valence-corrected chi connectivity index (χ4v) is 3.91. The molecule has 4 atom stereocenters. The Morgan fingerprint density at radius 1 is 1.44 bits per heavy atom. The topological polar surface area (TPSA) is 53.2 Å². The van der Waals surface area contributed by atoms with Crippen molar-refractivity contribution in [1.29, 1.82) is 5.26 Å². The Hall–Kier alpha value is -0.590. The molecule has 2 aliphatic heterocycles. The van der Waals surface area contributed by atoms with Crippen LogP contribution in [0, 0.1) is 22.7 Å². The van der Waals surface area contributed by atoms with Crippen molar-refractivity contribution >= 4 is 0 Å². The third kappa shape index (κ3) is 1.10. The van der Waals surface area contributed by atoms with Crippen molar-refractivity contribution < 1.29 is 9.84 Å². The fourth-order valence-electron chi connectivity index (χ4n) is 3.91. The number of rotatable bonds is 3. The molecule has 0 aromatic heterocycles. The second kappa shape index (κ2) is 3.21. The maximum atomic E-state index is 10.9. The molecule has 0 spiro atoms. The zero-order chi connectivity index (χ0) is 11.4. The molecule has 0 aromatic rings. The van der Waals surface area contributed by atoms with Gasteiger partial charge in [-0.15, -0.1) is 0 Å². The summed E-state index contributed by atoms with van der Waals surface area (Å²) in [5.41, 5.74) is -1.42. The summed E-state index contributed by atoms with van der Waals surface area (Å²) >= 11 is 0. The highest BCUT2D eigenvalue weighted by Gasteiger charge is 2.66. The number of nitriles is 1. The average Bonchev–Trinajstić information content (AvgIpc) is 2.99. The lowest BCUT2D eigenvalue weighted by Crippen LogP contribution is -2.54. The Balaban J connectivity index is 1.98. The smallest absolute Gasteiger partial charge is 0.115 e. The van der Waals surface area contributed by atoms with Crippen LogP contribution in [0.25, 0.3) is 0 Å². The molecule has 3 aliphatic rings. The molecule has 3 rings (SSSR count). The van der Waals surface area contributed by atoms with Gasteiger partial charge in [-0.1, -0.05) is 6.92 Å². The third-order valence-corrected chi connectivity index (χ3v) is 4.97. The van der Waals surface area contributed by atoms with E-state index >= 15 is 0 Å². The van der Waals surface area contributed by atoms with Crippen molar-refractivity contribution in [3.8, 4) is 6.07 Å². The second-order valence-electron chi connectivity index (χ2n) is 5.66. The average molecular weight is 221 g/mol. The van der Waals surface area contributed by atoms with Crippen LogP contribution in [0.1, 0.15) is 45.4 Å². The normalized spacial score (nSPS) is 45.3. The molecule has 0 amide bonds.